The lowest BCUT2D eigenvalue weighted by atomic mass is 9.97. The number of rotatable bonds is 7. The summed E-state index contributed by atoms with van der Waals surface area (Å²) in [5.41, 5.74) is 3.18. The molecule has 2 N–H and O–H groups in total. The van der Waals surface area contributed by atoms with Crippen LogP contribution in [0, 0.1) is 10.1 Å². The Morgan fingerprint density at radius 2 is 1.77 bits per heavy atom. The van der Waals surface area contributed by atoms with Crippen molar-refractivity contribution in [2.75, 3.05) is 36.4 Å². The molecule has 3 rings (SSSR count). The molecule has 1 aliphatic heterocycles. The van der Waals surface area contributed by atoms with Gasteiger partial charge in [-0.05, 0) is 43.0 Å². The van der Waals surface area contributed by atoms with Crippen molar-refractivity contribution in [1.82, 2.24) is 0 Å². The van der Waals surface area contributed by atoms with Gasteiger partial charge in [-0.1, -0.05) is 32.0 Å². The summed E-state index contributed by atoms with van der Waals surface area (Å²) in [6.07, 6.45) is 1.03. The third kappa shape index (κ3) is 4.97. The molecule has 2 aromatic carbocycles. The van der Waals surface area contributed by atoms with Crippen LogP contribution in [0.1, 0.15) is 38.7 Å². The molecule has 0 aliphatic carbocycles. The molecular weight excluding hydrogens is 380 g/mol. The summed E-state index contributed by atoms with van der Waals surface area (Å²) in [6, 6.07) is 14.6. The summed E-state index contributed by atoms with van der Waals surface area (Å²) in [7, 11) is 0. The monoisotopic (exact) mass is 411 g/mol. The summed E-state index contributed by atoms with van der Waals surface area (Å²) in [4.78, 5) is 26.8. The minimum atomic E-state index is -0.383. The maximum absolute atomic E-state index is 12.9. The number of quaternary nitrogens is 1. The molecule has 0 aromatic heterocycles. The smallest absolute Gasteiger partial charge is 0.282 e. The summed E-state index contributed by atoms with van der Waals surface area (Å²) < 4.78 is 0. The second-order valence-electron chi connectivity index (χ2n) is 8.03. The summed E-state index contributed by atoms with van der Waals surface area (Å²) >= 11 is 0. The lowest BCUT2D eigenvalue weighted by Gasteiger charge is -2.36. The fourth-order valence-corrected chi connectivity index (χ4v) is 3.96. The zero-order chi connectivity index (χ0) is 21.7. The average Bonchev–Trinajstić information content (AvgIpc) is 2.78. The van der Waals surface area contributed by atoms with E-state index >= 15 is 0 Å². The maximum atomic E-state index is 12.9. The van der Waals surface area contributed by atoms with Crippen molar-refractivity contribution in [3.8, 4) is 0 Å². The van der Waals surface area contributed by atoms with Crippen LogP contribution in [0.25, 0.3) is 0 Å². The minimum Gasteiger partial charge on any atom is -0.360 e. The molecule has 2 aromatic rings. The molecule has 0 radical (unpaired) electrons. The Kier molecular flexibility index (Phi) is 7.05. The van der Waals surface area contributed by atoms with Crippen LogP contribution >= 0.6 is 0 Å². The highest BCUT2D eigenvalue weighted by molar-refractivity contribution is 5.94. The van der Waals surface area contributed by atoms with E-state index in [1.54, 1.807) is 24.3 Å². The minimum absolute atomic E-state index is 0.0459. The van der Waals surface area contributed by atoms with Gasteiger partial charge < -0.3 is 15.1 Å². The number of hydrogen-bond acceptors (Lipinski definition) is 4. The van der Waals surface area contributed by atoms with Gasteiger partial charge in [-0.3, -0.25) is 14.9 Å². The third-order valence-electron chi connectivity index (χ3n) is 6.20. The Hall–Kier alpha value is -2.93. The molecular formula is C23H31N4O3+. The van der Waals surface area contributed by atoms with Crippen LogP contribution in [0.5, 0.6) is 0 Å². The second-order valence-corrected chi connectivity index (χ2v) is 8.03. The van der Waals surface area contributed by atoms with Crippen LogP contribution in [-0.2, 0) is 4.79 Å². The van der Waals surface area contributed by atoms with Gasteiger partial charge in [0.1, 0.15) is 0 Å². The zero-order valence-electron chi connectivity index (χ0n) is 17.9. The highest BCUT2D eigenvalue weighted by Crippen LogP contribution is 2.26. The van der Waals surface area contributed by atoms with Crippen molar-refractivity contribution in [2.45, 2.75) is 39.2 Å². The number of para-hydroxylation sites is 1. The SMILES string of the molecule is CC[C@H](C)c1ccccc1NC(=O)[C@H](C)[NH+]1CCN(c2ccc([N+](=O)[O-])cc2)CC1. The van der Waals surface area contributed by atoms with Crippen molar-refractivity contribution >= 4 is 23.0 Å². The predicted molar refractivity (Wildman–Crippen MR) is 119 cm³/mol. The standard InChI is InChI=1S/C23H30N4O3/c1-4-17(2)21-7-5-6-8-22(21)24-23(28)18(3)25-13-15-26(16-14-25)19-9-11-20(12-10-19)27(29)30/h5-12,17-18H,4,13-16H2,1-3H3,(H,24,28)/p+1/t17-,18-/m0/s1. The molecule has 30 heavy (non-hydrogen) atoms. The van der Waals surface area contributed by atoms with Crippen LogP contribution in [0.15, 0.2) is 48.5 Å². The number of nitro benzene ring substituents is 1. The first-order valence-corrected chi connectivity index (χ1v) is 10.6. The number of anilines is 2. The Bertz CT molecular complexity index is 876. The van der Waals surface area contributed by atoms with E-state index in [2.05, 4.69) is 30.1 Å². The topological polar surface area (TPSA) is 79.9 Å². The van der Waals surface area contributed by atoms with Gasteiger partial charge in [0.25, 0.3) is 11.6 Å². The van der Waals surface area contributed by atoms with E-state index in [1.165, 1.54) is 10.5 Å². The number of amides is 1. The fraction of sp³-hybridized carbons (Fsp3) is 0.435. The molecule has 7 heteroatoms. The van der Waals surface area contributed by atoms with Crippen molar-refractivity contribution < 1.29 is 14.6 Å². The molecule has 1 amide bonds. The number of nitrogens with zero attached hydrogens (tertiary/aromatic N) is 2. The van der Waals surface area contributed by atoms with E-state index in [4.69, 9.17) is 0 Å². The molecule has 2 atom stereocenters. The Morgan fingerprint density at radius 1 is 1.13 bits per heavy atom. The number of nitro groups is 1. The summed E-state index contributed by atoms with van der Waals surface area (Å²) in [5.74, 6) is 0.443. The maximum Gasteiger partial charge on any atom is 0.282 e. The van der Waals surface area contributed by atoms with E-state index in [0.29, 0.717) is 5.92 Å². The first-order valence-electron chi connectivity index (χ1n) is 10.6. The molecule has 0 unspecified atom stereocenters. The number of hydrogen-bond donors (Lipinski definition) is 2. The highest BCUT2D eigenvalue weighted by Gasteiger charge is 2.30. The van der Waals surface area contributed by atoms with Crippen LogP contribution in [-0.4, -0.2) is 43.1 Å². The van der Waals surface area contributed by atoms with Crippen LogP contribution in [0.2, 0.25) is 0 Å². The van der Waals surface area contributed by atoms with Gasteiger partial charge in [0.2, 0.25) is 0 Å². The normalized spacial score (nSPS) is 16.7. The molecule has 1 saturated heterocycles. The van der Waals surface area contributed by atoms with Gasteiger partial charge in [-0.2, -0.15) is 0 Å². The van der Waals surface area contributed by atoms with Gasteiger partial charge >= 0.3 is 0 Å². The van der Waals surface area contributed by atoms with Gasteiger partial charge in [0, 0.05) is 23.5 Å². The van der Waals surface area contributed by atoms with Crippen molar-refractivity contribution in [2.24, 2.45) is 0 Å². The number of carbonyl (C=O) groups excluding carboxylic acids is 1. The van der Waals surface area contributed by atoms with E-state index in [9.17, 15) is 14.9 Å². The molecule has 0 spiro atoms. The van der Waals surface area contributed by atoms with Crippen molar-refractivity contribution in [1.29, 1.82) is 0 Å². The number of benzene rings is 2. The molecule has 1 fully saturated rings. The predicted octanol–water partition coefficient (Wildman–Crippen LogP) is 2.84. The zero-order valence-corrected chi connectivity index (χ0v) is 17.9. The number of nitrogens with one attached hydrogen (secondary N) is 2. The number of piperazine rings is 1. The van der Waals surface area contributed by atoms with Crippen molar-refractivity contribution in [3.05, 3.63) is 64.2 Å². The molecule has 7 nitrogen and oxygen atoms in total. The molecule has 1 heterocycles. The molecule has 0 saturated carbocycles. The Balaban J connectivity index is 1.58. The van der Waals surface area contributed by atoms with Gasteiger partial charge in [0.05, 0.1) is 31.1 Å². The van der Waals surface area contributed by atoms with E-state index < -0.39 is 0 Å². The average molecular weight is 412 g/mol. The van der Waals surface area contributed by atoms with Gasteiger partial charge in [-0.25, -0.2) is 0 Å². The largest absolute Gasteiger partial charge is 0.360 e. The molecule has 160 valence electrons. The highest BCUT2D eigenvalue weighted by atomic mass is 16.6. The third-order valence-corrected chi connectivity index (χ3v) is 6.20. The van der Waals surface area contributed by atoms with Crippen molar-refractivity contribution in [3.63, 3.8) is 0 Å². The van der Waals surface area contributed by atoms with Crippen LogP contribution in [0.4, 0.5) is 17.1 Å². The van der Waals surface area contributed by atoms with Crippen LogP contribution in [0.3, 0.4) is 0 Å². The second kappa shape index (κ2) is 9.71. The lowest BCUT2D eigenvalue weighted by Crippen LogP contribution is -3.19. The Morgan fingerprint density at radius 3 is 2.37 bits per heavy atom. The van der Waals surface area contributed by atoms with E-state index in [1.807, 2.05) is 25.1 Å². The Labute approximate surface area is 177 Å². The summed E-state index contributed by atoms with van der Waals surface area (Å²) in [5, 5.41) is 14.0. The lowest BCUT2D eigenvalue weighted by molar-refractivity contribution is -0.914. The number of non-ortho nitro benzene ring substituents is 1. The first kappa shape index (κ1) is 21.8. The fourth-order valence-electron chi connectivity index (χ4n) is 3.96. The van der Waals surface area contributed by atoms with E-state index in [-0.39, 0.29) is 22.6 Å². The first-order chi connectivity index (χ1) is 14.4. The molecule has 1 aliphatic rings. The van der Waals surface area contributed by atoms with Crippen LogP contribution < -0.4 is 15.1 Å². The molecule has 0 bridgehead atoms. The van der Waals surface area contributed by atoms with Gasteiger partial charge in [0.15, 0.2) is 6.04 Å². The van der Waals surface area contributed by atoms with Gasteiger partial charge in [-0.15, -0.1) is 0 Å². The number of carbonyl (C=O) groups is 1. The summed E-state index contributed by atoms with van der Waals surface area (Å²) in [6.45, 7) is 9.63. The van der Waals surface area contributed by atoms with E-state index in [0.717, 1.165) is 44.0 Å². The quantitative estimate of drug-likeness (QED) is 0.542.